The van der Waals surface area contributed by atoms with Crippen LogP contribution in [0.5, 0.6) is 0 Å². The van der Waals surface area contributed by atoms with Crippen LogP contribution in [0.15, 0.2) is 48.5 Å². The first-order valence-corrected chi connectivity index (χ1v) is 8.31. The fraction of sp³-hybridized carbons (Fsp3) is 0.211. The van der Waals surface area contributed by atoms with Gasteiger partial charge in [-0.15, -0.1) is 11.3 Å². The fourth-order valence-electron chi connectivity index (χ4n) is 3.36. The number of likely N-dealkylation sites (N-methyl/N-ethyl adjacent to an activating group) is 1. The third kappa shape index (κ3) is 2.27. The van der Waals surface area contributed by atoms with Gasteiger partial charge in [0.2, 0.25) is 0 Å². The molecule has 0 fully saturated rings. The van der Waals surface area contributed by atoms with Crippen LogP contribution in [0.1, 0.15) is 32.3 Å². The van der Waals surface area contributed by atoms with Crippen LogP contribution >= 0.6 is 11.3 Å². The molecule has 4 rings (SSSR count). The molecular weight excluding hydrogens is 290 g/mol. The molecule has 0 amide bonds. The zero-order valence-electron chi connectivity index (χ0n) is 12.5. The van der Waals surface area contributed by atoms with Crippen LogP contribution in [0.25, 0.3) is 10.1 Å². The van der Waals surface area contributed by atoms with Crippen molar-refractivity contribution in [1.82, 2.24) is 4.90 Å². The van der Waals surface area contributed by atoms with Crippen molar-refractivity contribution >= 4 is 27.7 Å². The topological polar surface area (TPSA) is 20.3 Å². The number of hydrogen-bond acceptors (Lipinski definition) is 3. The molecule has 0 aliphatic carbocycles. The molecule has 1 aliphatic rings. The molecule has 1 aromatic heterocycles. The molecule has 0 saturated heterocycles. The van der Waals surface area contributed by atoms with Gasteiger partial charge in [-0.25, -0.2) is 0 Å². The quantitative estimate of drug-likeness (QED) is 0.658. The lowest BCUT2D eigenvalue weighted by atomic mass is 9.88. The van der Waals surface area contributed by atoms with E-state index in [4.69, 9.17) is 0 Å². The van der Waals surface area contributed by atoms with E-state index in [1.807, 2.05) is 23.5 Å². The number of carbonyl (C=O) groups excluding carboxylic acids is 1. The standard InChI is InChI=1S/C19H17NOS/c1-20-10-15-8-13(12-21)6-7-16(15)17(11-20)19-9-14-4-2-3-5-18(14)22-19/h2-9,12,17H,10-11H2,1H3. The van der Waals surface area contributed by atoms with Crippen LogP contribution in [0, 0.1) is 0 Å². The van der Waals surface area contributed by atoms with E-state index in [0.717, 1.165) is 24.9 Å². The summed E-state index contributed by atoms with van der Waals surface area (Å²) in [7, 11) is 2.15. The van der Waals surface area contributed by atoms with Gasteiger partial charge in [-0.1, -0.05) is 30.3 Å². The number of aldehydes is 1. The molecule has 0 bridgehead atoms. The first-order chi connectivity index (χ1) is 10.7. The third-order valence-corrected chi connectivity index (χ3v) is 5.63. The van der Waals surface area contributed by atoms with Gasteiger partial charge in [0, 0.05) is 34.1 Å². The van der Waals surface area contributed by atoms with E-state index in [1.165, 1.54) is 26.1 Å². The van der Waals surface area contributed by atoms with Crippen molar-refractivity contribution in [1.29, 1.82) is 0 Å². The minimum atomic E-state index is 0.395. The molecule has 22 heavy (non-hydrogen) atoms. The highest BCUT2D eigenvalue weighted by Crippen LogP contribution is 2.38. The molecule has 2 aromatic carbocycles. The van der Waals surface area contributed by atoms with Gasteiger partial charge in [0.1, 0.15) is 6.29 Å². The van der Waals surface area contributed by atoms with Gasteiger partial charge in [-0.3, -0.25) is 4.79 Å². The molecule has 3 heteroatoms. The second-order valence-corrected chi connectivity index (χ2v) is 7.13. The minimum Gasteiger partial charge on any atom is -0.301 e. The summed E-state index contributed by atoms with van der Waals surface area (Å²) in [5, 5.41) is 1.32. The van der Waals surface area contributed by atoms with E-state index in [-0.39, 0.29) is 0 Å². The van der Waals surface area contributed by atoms with E-state index < -0.39 is 0 Å². The zero-order chi connectivity index (χ0) is 15.1. The summed E-state index contributed by atoms with van der Waals surface area (Å²) >= 11 is 1.88. The summed E-state index contributed by atoms with van der Waals surface area (Å²) in [6.07, 6.45) is 0.934. The van der Waals surface area contributed by atoms with E-state index in [0.29, 0.717) is 5.92 Å². The maximum atomic E-state index is 11.0. The number of fused-ring (bicyclic) bond motifs is 2. The fourth-order valence-corrected chi connectivity index (χ4v) is 4.53. The Morgan fingerprint density at radius 2 is 2.05 bits per heavy atom. The van der Waals surface area contributed by atoms with Crippen LogP contribution in [0.4, 0.5) is 0 Å². The van der Waals surface area contributed by atoms with E-state index in [9.17, 15) is 4.79 Å². The summed E-state index contributed by atoms with van der Waals surface area (Å²) in [5.74, 6) is 0.395. The lowest BCUT2D eigenvalue weighted by molar-refractivity contribution is 0.112. The monoisotopic (exact) mass is 307 g/mol. The summed E-state index contributed by atoms with van der Waals surface area (Å²) in [5.41, 5.74) is 3.42. The van der Waals surface area contributed by atoms with E-state index in [1.54, 1.807) is 0 Å². The molecule has 0 radical (unpaired) electrons. The van der Waals surface area contributed by atoms with Gasteiger partial charge in [-0.05, 0) is 41.8 Å². The molecule has 1 aliphatic heterocycles. The van der Waals surface area contributed by atoms with Gasteiger partial charge < -0.3 is 4.90 Å². The van der Waals surface area contributed by atoms with E-state index >= 15 is 0 Å². The van der Waals surface area contributed by atoms with Crippen molar-refractivity contribution < 1.29 is 4.79 Å². The molecule has 3 aromatic rings. The van der Waals surface area contributed by atoms with Crippen LogP contribution in [-0.4, -0.2) is 24.8 Å². The Bertz CT molecular complexity index is 819. The smallest absolute Gasteiger partial charge is 0.150 e. The molecule has 1 unspecified atom stereocenters. The highest BCUT2D eigenvalue weighted by Gasteiger charge is 2.26. The van der Waals surface area contributed by atoms with Crippen LogP contribution in [-0.2, 0) is 6.54 Å². The first kappa shape index (κ1) is 13.7. The summed E-state index contributed by atoms with van der Waals surface area (Å²) in [4.78, 5) is 14.8. The van der Waals surface area contributed by atoms with Crippen molar-refractivity contribution in [3.63, 3.8) is 0 Å². The molecule has 0 N–H and O–H groups in total. The van der Waals surface area contributed by atoms with Crippen LogP contribution in [0.2, 0.25) is 0 Å². The first-order valence-electron chi connectivity index (χ1n) is 7.49. The average molecular weight is 307 g/mol. The second-order valence-electron chi connectivity index (χ2n) is 6.01. The predicted molar refractivity (Wildman–Crippen MR) is 91.8 cm³/mol. The van der Waals surface area contributed by atoms with Gasteiger partial charge in [0.25, 0.3) is 0 Å². The zero-order valence-corrected chi connectivity index (χ0v) is 13.3. The highest BCUT2D eigenvalue weighted by atomic mass is 32.1. The second kappa shape index (κ2) is 5.34. The molecule has 0 saturated carbocycles. The summed E-state index contributed by atoms with van der Waals surface area (Å²) in [6.45, 7) is 1.94. The summed E-state index contributed by atoms with van der Waals surface area (Å²) < 4.78 is 1.34. The molecule has 110 valence electrons. The largest absolute Gasteiger partial charge is 0.301 e. The van der Waals surface area contributed by atoms with Crippen molar-refractivity contribution in [2.24, 2.45) is 0 Å². The number of hydrogen-bond donors (Lipinski definition) is 0. The number of rotatable bonds is 2. The van der Waals surface area contributed by atoms with Crippen molar-refractivity contribution in [3.05, 3.63) is 70.1 Å². The Balaban J connectivity index is 1.83. The Morgan fingerprint density at radius 1 is 1.18 bits per heavy atom. The van der Waals surface area contributed by atoms with E-state index in [2.05, 4.69) is 48.3 Å². The Kier molecular flexibility index (Phi) is 3.32. The number of carbonyl (C=O) groups is 1. The molecule has 2 nitrogen and oxygen atoms in total. The SMILES string of the molecule is CN1Cc2cc(C=O)ccc2C(c2cc3ccccc3s2)C1. The van der Waals surface area contributed by atoms with Gasteiger partial charge in [0.05, 0.1) is 0 Å². The van der Waals surface area contributed by atoms with Crippen LogP contribution in [0.3, 0.4) is 0 Å². The van der Waals surface area contributed by atoms with Gasteiger partial charge in [0.15, 0.2) is 0 Å². The molecule has 1 atom stereocenters. The lowest BCUT2D eigenvalue weighted by Crippen LogP contribution is -2.30. The Labute approximate surface area is 134 Å². The summed E-state index contributed by atoms with van der Waals surface area (Å²) in [6, 6.07) is 17.0. The van der Waals surface area contributed by atoms with Crippen molar-refractivity contribution in [2.75, 3.05) is 13.6 Å². The van der Waals surface area contributed by atoms with Crippen molar-refractivity contribution in [2.45, 2.75) is 12.5 Å². The minimum absolute atomic E-state index is 0.395. The van der Waals surface area contributed by atoms with Crippen LogP contribution < -0.4 is 0 Å². The Morgan fingerprint density at radius 3 is 2.86 bits per heavy atom. The maximum absolute atomic E-state index is 11.0. The predicted octanol–water partition coefficient (Wildman–Crippen LogP) is 4.29. The number of thiophene rings is 1. The normalized spacial score (nSPS) is 18.3. The highest BCUT2D eigenvalue weighted by molar-refractivity contribution is 7.19. The van der Waals surface area contributed by atoms with Gasteiger partial charge >= 0.3 is 0 Å². The maximum Gasteiger partial charge on any atom is 0.150 e. The molecular formula is C19H17NOS. The lowest BCUT2D eigenvalue weighted by Gasteiger charge is -2.32. The van der Waals surface area contributed by atoms with Crippen molar-refractivity contribution in [3.8, 4) is 0 Å². The number of benzene rings is 2. The average Bonchev–Trinajstić information content (AvgIpc) is 2.97. The van der Waals surface area contributed by atoms with Gasteiger partial charge in [-0.2, -0.15) is 0 Å². The number of nitrogens with zero attached hydrogens (tertiary/aromatic N) is 1. The molecule has 2 heterocycles. The molecule has 0 spiro atoms. The third-order valence-electron chi connectivity index (χ3n) is 4.40. The Hall–Kier alpha value is -1.97.